The molecule has 0 unspecified atom stereocenters. The highest BCUT2D eigenvalue weighted by Gasteiger charge is 2.30. The van der Waals surface area contributed by atoms with Gasteiger partial charge in [-0.05, 0) is 43.1 Å². The van der Waals surface area contributed by atoms with E-state index >= 15 is 0 Å². The van der Waals surface area contributed by atoms with E-state index in [1.54, 1.807) is 0 Å². The van der Waals surface area contributed by atoms with Crippen LogP contribution in [0.3, 0.4) is 0 Å². The lowest BCUT2D eigenvalue weighted by Crippen LogP contribution is -2.04. The molecular formula is C12H12F3NO. The van der Waals surface area contributed by atoms with E-state index < -0.39 is 11.7 Å². The quantitative estimate of drug-likeness (QED) is 0.897. The number of alkyl halides is 3. The number of hydrogen-bond acceptors (Lipinski definition) is 2. The zero-order valence-corrected chi connectivity index (χ0v) is 9.05. The van der Waals surface area contributed by atoms with Gasteiger partial charge in [0.1, 0.15) is 5.58 Å². The Balaban J connectivity index is 2.43. The van der Waals surface area contributed by atoms with Gasteiger partial charge in [0.2, 0.25) is 0 Å². The first-order valence-corrected chi connectivity index (χ1v) is 5.30. The van der Waals surface area contributed by atoms with Crippen molar-refractivity contribution >= 4 is 11.0 Å². The molecule has 0 aliphatic rings. The number of nitrogens with two attached hydrogens (primary N) is 1. The van der Waals surface area contributed by atoms with Gasteiger partial charge in [-0.3, -0.25) is 0 Å². The maximum atomic E-state index is 12.6. The van der Waals surface area contributed by atoms with Gasteiger partial charge in [-0.25, -0.2) is 0 Å². The van der Waals surface area contributed by atoms with Gasteiger partial charge in [-0.2, -0.15) is 13.2 Å². The van der Waals surface area contributed by atoms with Crippen molar-refractivity contribution in [2.24, 2.45) is 5.73 Å². The fourth-order valence-electron chi connectivity index (χ4n) is 1.74. The van der Waals surface area contributed by atoms with Crippen molar-refractivity contribution in [1.82, 2.24) is 0 Å². The fourth-order valence-corrected chi connectivity index (χ4v) is 1.74. The number of benzene rings is 1. The molecule has 92 valence electrons. The highest BCUT2D eigenvalue weighted by molar-refractivity contribution is 5.81. The molecule has 0 spiro atoms. The van der Waals surface area contributed by atoms with E-state index in [1.807, 2.05) is 0 Å². The molecule has 0 amide bonds. The van der Waals surface area contributed by atoms with Crippen LogP contribution < -0.4 is 5.73 Å². The first-order chi connectivity index (χ1) is 8.02. The Kier molecular flexibility index (Phi) is 3.11. The van der Waals surface area contributed by atoms with Gasteiger partial charge < -0.3 is 10.2 Å². The maximum absolute atomic E-state index is 12.6. The van der Waals surface area contributed by atoms with Gasteiger partial charge in [-0.1, -0.05) is 0 Å². The molecule has 5 heteroatoms. The molecule has 0 aliphatic carbocycles. The summed E-state index contributed by atoms with van der Waals surface area (Å²) in [6.07, 6.45) is -1.47. The number of rotatable bonds is 3. The van der Waals surface area contributed by atoms with Crippen molar-refractivity contribution < 1.29 is 17.6 Å². The standard InChI is InChI=1S/C12H12F3NO/c13-12(14,15)9-3-4-11-10(6-9)8(7-17-11)2-1-5-16/h3-4,6-7H,1-2,5,16H2. The number of furan rings is 1. The largest absolute Gasteiger partial charge is 0.464 e. The molecule has 2 nitrogen and oxygen atoms in total. The van der Waals surface area contributed by atoms with Crippen LogP contribution in [0.5, 0.6) is 0 Å². The third-order valence-corrected chi connectivity index (χ3v) is 2.63. The lowest BCUT2D eigenvalue weighted by Gasteiger charge is -2.06. The number of hydrogen-bond donors (Lipinski definition) is 1. The topological polar surface area (TPSA) is 39.2 Å². The third kappa shape index (κ3) is 2.44. The summed E-state index contributed by atoms with van der Waals surface area (Å²) in [4.78, 5) is 0. The minimum Gasteiger partial charge on any atom is -0.464 e. The van der Waals surface area contributed by atoms with Crippen molar-refractivity contribution in [2.75, 3.05) is 6.54 Å². The van der Waals surface area contributed by atoms with E-state index in [0.717, 1.165) is 24.1 Å². The maximum Gasteiger partial charge on any atom is 0.416 e. The Hall–Kier alpha value is -1.49. The van der Waals surface area contributed by atoms with Crippen molar-refractivity contribution in [3.63, 3.8) is 0 Å². The summed E-state index contributed by atoms with van der Waals surface area (Å²) in [5.74, 6) is 0. The number of aryl methyl sites for hydroxylation is 1. The van der Waals surface area contributed by atoms with Crippen LogP contribution in [-0.2, 0) is 12.6 Å². The van der Waals surface area contributed by atoms with Gasteiger partial charge in [0, 0.05) is 5.39 Å². The first kappa shape index (κ1) is 12.0. The van der Waals surface area contributed by atoms with Gasteiger partial charge in [0.05, 0.1) is 11.8 Å². The van der Waals surface area contributed by atoms with Gasteiger partial charge in [-0.15, -0.1) is 0 Å². The first-order valence-electron chi connectivity index (χ1n) is 5.30. The van der Waals surface area contributed by atoms with Crippen molar-refractivity contribution in [1.29, 1.82) is 0 Å². The minimum atomic E-state index is -4.32. The second-order valence-electron chi connectivity index (χ2n) is 3.86. The molecule has 0 saturated heterocycles. The summed E-state index contributed by atoms with van der Waals surface area (Å²) < 4.78 is 42.9. The SMILES string of the molecule is NCCCc1coc2ccc(C(F)(F)F)cc12. The summed E-state index contributed by atoms with van der Waals surface area (Å²) in [6, 6.07) is 3.51. The molecule has 1 aromatic carbocycles. The van der Waals surface area contributed by atoms with Crippen LogP contribution in [0, 0.1) is 0 Å². The minimum absolute atomic E-state index is 0.477. The van der Waals surface area contributed by atoms with E-state index in [-0.39, 0.29) is 0 Å². The Morgan fingerprint density at radius 2 is 2.00 bits per heavy atom. The Morgan fingerprint density at radius 3 is 2.65 bits per heavy atom. The van der Waals surface area contributed by atoms with E-state index in [1.165, 1.54) is 12.3 Å². The lowest BCUT2D eigenvalue weighted by molar-refractivity contribution is -0.137. The monoisotopic (exact) mass is 243 g/mol. The molecule has 0 fully saturated rings. The van der Waals surface area contributed by atoms with Crippen molar-refractivity contribution in [3.8, 4) is 0 Å². The van der Waals surface area contributed by atoms with Crippen LogP contribution in [0.15, 0.2) is 28.9 Å². The predicted molar refractivity (Wildman–Crippen MR) is 58.6 cm³/mol. The molecule has 2 N–H and O–H groups in total. The van der Waals surface area contributed by atoms with Crippen molar-refractivity contribution in [3.05, 3.63) is 35.6 Å². The third-order valence-electron chi connectivity index (χ3n) is 2.63. The number of halogens is 3. The molecule has 1 aromatic heterocycles. The zero-order valence-electron chi connectivity index (χ0n) is 9.05. The lowest BCUT2D eigenvalue weighted by atomic mass is 10.1. The molecule has 0 atom stereocenters. The van der Waals surface area contributed by atoms with Crippen LogP contribution in [0.1, 0.15) is 17.5 Å². The summed E-state index contributed by atoms with van der Waals surface area (Å²) in [5, 5.41) is 0.522. The summed E-state index contributed by atoms with van der Waals surface area (Å²) in [6.45, 7) is 0.506. The summed E-state index contributed by atoms with van der Waals surface area (Å²) in [7, 11) is 0. The summed E-state index contributed by atoms with van der Waals surface area (Å²) >= 11 is 0. The zero-order chi connectivity index (χ0) is 12.5. The van der Waals surface area contributed by atoms with Crippen molar-refractivity contribution in [2.45, 2.75) is 19.0 Å². The normalized spacial score (nSPS) is 12.2. The van der Waals surface area contributed by atoms with Crippen LogP contribution in [0.25, 0.3) is 11.0 Å². The Labute approximate surface area is 96.2 Å². The second-order valence-corrected chi connectivity index (χ2v) is 3.86. The Morgan fingerprint density at radius 1 is 1.24 bits per heavy atom. The molecule has 17 heavy (non-hydrogen) atoms. The smallest absolute Gasteiger partial charge is 0.416 e. The second kappa shape index (κ2) is 4.41. The van der Waals surface area contributed by atoms with E-state index in [2.05, 4.69) is 0 Å². The van der Waals surface area contributed by atoms with Crippen LogP contribution in [-0.4, -0.2) is 6.54 Å². The van der Waals surface area contributed by atoms with Crippen LogP contribution >= 0.6 is 0 Å². The summed E-state index contributed by atoms with van der Waals surface area (Å²) in [5.41, 5.74) is 5.98. The highest BCUT2D eigenvalue weighted by Crippen LogP contribution is 2.33. The van der Waals surface area contributed by atoms with E-state index in [4.69, 9.17) is 10.2 Å². The molecule has 2 rings (SSSR count). The average Bonchev–Trinajstić information content (AvgIpc) is 2.67. The fraction of sp³-hybridized carbons (Fsp3) is 0.333. The molecule has 0 aliphatic heterocycles. The molecule has 0 bridgehead atoms. The van der Waals surface area contributed by atoms with E-state index in [9.17, 15) is 13.2 Å². The molecule has 2 aromatic rings. The average molecular weight is 243 g/mol. The van der Waals surface area contributed by atoms with Gasteiger partial charge in [0.15, 0.2) is 0 Å². The number of fused-ring (bicyclic) bond motifs is 1. The Bertz CT molecular complexity index is 516. The van der Waals surface area contributed by atoms with Crippen LogP contribution in [0.4, 0.5) is 13.2 Å². The predicted octanol–water partition coefficient (Wildman–Crippen LogP) is 3.34. The van der Waals surface area contributed by atoms with Gasteiger partial charge >= 0.3 is 6.18 Å². The van der Waals surface area contributed by atoms with Crippen LogP contribution in [0.2, 0.25) is 0 Å². The molecule has 1 heterocycles. The molecule has 0 radical (unpaired) electrons. The molecular weight excluding hydrogens is 231 g/mol. The molecule has 0 saturated carbocycles. The van der Waals surface area contributed by atoms with Gasteiger partial charge in [0.25, 0.3) is 0 Å². The highest BCUT2D eigenvalue weighted by atomic mass is 19.4. The van der Waals surface area contributed by atoms with E-state index in [0.29, 0.717) is 23.9 Å².